The second-order valence-electron chi connectivity index (χ2n) is 2.78. The molecule has 6 heteroatoms. The van der Waals surface area contributed by atoms with Gasteiger partial charge in [0.05, 0.1) is 34.9 Å². The molecular formula is C6H14N6. The maximum Gasteiger partial charge on any atom is 0.0881 e. The Morgan fingerprint density at radius 3 is 0.917 bits per heavy atom. The molecule has 1 rings (SSSR count). The Morgan fingerprint density at radius 1 is 0.583 bits per heavy atom. The van der Waals surface area contributed by atoms with E-state index < -0.39 is 12.1 Å². The minimum absolute atomic E-state index is 0.300. The van der Waals surface area contributed by atoms with Crippen molar-refractivity contribution in [2.75, 3.05) is 0 Å². The molecule has 0 unspecified atom stereocenters. The fourth-order valence-corrected chi connectivity index (χ4v) is 1.05. The van der Waals surface area contributed by atoms with Gasteiger partial charge in [0, 0.05) is 0 Å². The van der Waals surface area contributed by atoms with Crippen molar-refractivity contribution < 1.29 is 0 Å². The smallest absolute Gasteiger partial charge is 0.0881 e. The van der Waals surface area contributed by atoms with Crippen molar-refractivity contribution in [1.29, 1.82) is 0 Å². The predicted molar refractivity (Wildman–Crippen MR) is 46.8 cm³/mol. The van der Waals surface area contributed by atoms with Gasteiger partial charge in [-0.2, -0.15) is 0 Å². The van der Waals surface area contributed by atoms with Gasteiger partial charge in [-0.1, -0.05) is 0 Å². The van der Waals surface area contributed by atoms with Crippen LogP contribution in [0, 0.1) is 0 Å². The van der Waals surface area contributed by atoms with Crippen LogP contribution >= 0.6 is 0 Å². The van der Waals surface area contributed by atoms with Gasteiger partial charge in [-0.15, -0.1) is 0 Å². The summed E-state index contributed by atoms with van der Waals surface area (Å²) < 4.78 is 0. The lowest BCUT2D eigenvalue weighted by atomic mass is 9.95. The first-order valence-corrected chi connectivity index (χ1v) is 3.48. The lowest BCUT2D eigenvalue weighted by Crippen LogP contribution is -2.48. The molecule has 0 saturated carbocycles. The fourth-order valence-electron chi connectivity index (χ4n) is 1.05. The van der Waals surface area contributed by atoms with Crippen molar-refractivity contribution in [3.63, 3.8) is 0 Å². The minimum Gasteiger partial charge on any atom is -0.399 e. The van der Waals surface area contributed by atoms with Crippen LogP contribution in [0.1, 0.15) is 0 Å². The van der Waals surface area contributed by atoms with Crippen molar-refractivity contribution in [3.05, 3.63) is 22.8 Å². The molecule has 0 fully saturated rings. The van der Waals surface area contributed by atoms with Gasteiger partial charge in [0.1, 0.15) is 0 Å². The Kier molecular flexibility index (Phi) is 1.87. The van der Waals surface area contributed by atoms with Crippen LogP contribution < -0.4 is 34.4 Å². The molecule has 68 valence electrons. The van der Waals surface area contributed by atoms with E-state index in [1.54, 1.807) is 0 Å². The average molecular weight is 170 g/mol. The van der Waals surface area contributed by atoms with Crippen LogP contribution in [0.3, 0.4) is 0 Å². The molecule has 0 heterocycles. The summed E-state index contributed by atoms with van der Waals surface area (Å²) in [5, 5.41) is 0. The van der Waals surface area contributed by atoms with Crippen LogP contribution in [0.4, 0.5) is 0 Å². The van der Waals surface area contributed by atoms with Gasteiger partial charge in [-0.3, -0.25) is 0 Å². The molecule has 0 bridgehead atoms. The standard InChI is InChI=1S/C6H14N6/c7-1-2(8)4(10)6(12)5(11)3(1)9/h1,6H,7-12H2. The van der Waals surface area contributed by atoms with E-state index in [-0.39, 0.29) is 0 Å². The maximum absolute atomic E-state index is 5.58. The molecular weight excluding hydrogens is 156 g/mol. The van der Waals surface area contributed by atoms with Crippen molar-refractivity contribution >= 4 is 0 Å². The van der Waals surface area contributed by atoms with Gasteiger partial charge in [0.25, 0.3) is 0 Å². The fraction of sp³-hybridized carbons (Fsp3) is 0.333. The topological polar surface area (TPSA) is 156 Å². The largest absolute Gasteiger partial charge is 0.399 e. The van der Waals surface area contributed by atoms with Gasteiger partial charge in [-0.05, 0) is 0 Å². The molecule has 0 aliphatic heterocycles. The second kappa shape index (κ2) is 2.58. The third kappa shape index (κ3) is 0.973. The molecule has 12 N–H and O–H groups in total. The SMILES string of the molecule is NC1=C(N)C(N)C(N)=C(N)C1N. The van der Waals surface area contributed by atoms with E-state index in [0.717, 1.165) is 0 Å². The zero-order chi connectivity index (χ0) is 9.46. The highest BCUT2D eigenvalue weighted by Gasteiger charge is 2.26. The maximum atomic E-state index is 5.58. The summed E-state index contributed by atoms with van der Waals surface area (Å²) in [4.78, 5) is 0. The first-order chi connectivity index (χ1) is 5.46. The van der Waals surface area contributed by atoms with Gasteiger partial charge >= 0.3 is 0 Å². The Hall–Kier alpha value is -1.40. The predicted octanol–water partition coefficient (Wildman–Crippen LogP) is -3.09. The molecule has 0 atom stereocenters. The van der Waals surface area contributed by atoms with Gasteiger partial charge in [-0.25, -0.2) is 0 Å². The zero-order valence-electron chi connectivity index (χ0n) is 6.62. The Balaban J connectivity index is 3.13. The number of hydrogen-bond acceptors (Lipinski definition) is 6. The summed E-state index contributed by atoms with van der Waals surface area (Å²) >= 11 is 0. The molecule has 1 aliphatic carbocycles. The number of hydrogen-bond donors (Lipinski definition) is 6. The van der Waals surface area contributed by atoms with E-state index in [9.17, 15) is 0 Å². The van der Waals surface area contributed by atoms with Crippen LogP contribution in [0.15, 0.2) is 22.8 Å². The van der Waals surface area contributed by atoms with E-state index in [0.29, 0.717) is 22.8 Å². The number of nitrogens with two attached hydrogens (primary N) is 6. The summed E-state index contributed by atoms with van der Waals surface area (Å²) in [5.41, 5.74) is 34.5. The molecule has 0 aromatic rings. The average Bonchev–Trinajstić information content (AvgIpc) is 2.08. The van der Waals surface area contributed by atoms with Crippen LogP contribution in [-0.4, -0.2) is 12.1 Å². The number of rotatable bonds is 0. The second-order valence-corrected chi connectivity index (χ2v) is 2.78. The van der Waals surface area contributed by atoms with Crippen LogP contribution in [-0.2, 0) is 0 Å². The summed E-state index contributed by atoms with van der Waals surface area (Å²) in [5.74, 6) is 0. The third-order valence-corrected chi connectivity index (χ3v) is 2.01. The first-order valence-electron chi connectivity index (χ1n) is 3.48. The van der Waals surface area contributed by atoms with Crippen LogP contribution in [0.25, 0.3) is 0 Å². The molecule has 0 spiro atoms. The van der Waals surface area contributed by atoms with Crippen molar-refractivity contribution in [2.45, 2.75) is 12.1 Å². The molecule has 0 aromatic carbocycles. The quantitative estimate of drug-likeness (QED) is 0.226. The van der Waals surface area contributed by atoms with Gasteiger partial charge in [0.2, 0.25) is 0 Å². The van der Waals surface area contributed by atoms with Crippen molar-refractivity contribution in [1.82, 2.24) is 0 Å². The van der Waals surface area contributed by atoms with Crippen molar-refractivity contribution in [3.8, 4) is 0 Å². The van der Waals surface area contributed by atoms with Gasteiger partial charge in [0.15, 0.2) is 0 Å². The molecule has 0 saturated heterocycles. The Morgan fingerprint density at radius 2 is 0.750 bits per heavy atom. The molecule has 0 aromatic heterocycles. The van der Waals surface area contributed by atoms with E-state index in [2.05, 4.69) is 0 Å². The highest BCUT2D eigenvalue weighted by molar-refractivity contribution is 5.40. The highest BCUT2D eigenvalue weighted by atomic mass is 14.9. The lowest BCUT2D eigenvalue weighted by Gasteiger charge is -2.27. The van der Waals surface area contributed by atoms with Gasteiger partial charge < -0.3 is 34.4 Å². The van der Waals surface area contributed by atoms with E-state index in [1.165, 1.54) is 0 Å². The summed E-state index contributed by atoms with van der Waals surface area (Å²) in [6, 6.07) is -1.21. The van der Waals surface area contributed by atoms with Crippen LogP contribution in [0.5, 0.6) is 0 Å². The molecule has 0 radical (unpaired) electrons. The summed E-state index contributed by atoms with van der Waals surface area (Å²) in [7, 11) is 0. The normalized spacial score (nSPS) is 31.2. The first kappa shape index (κ1) is 8.69. The molecule has 6 nitrogen and oxygen atoms in total. The lowest BCUT2D eigenvalue weighted by molar-refractivity contribution is 0.711. The van der Waals surface area contributed by atoms with E-state index >= 15 is 0 Å². The Labute approximate surface area is 70.2 Å². The molecule has 0 amide bonds. The van der Waals surface area contributed by atoms with E-state index in [1.807, 2.05) is 0 Å². The Bertz CT molecular complexity index is 213. The summed E-state index contributed by atoms with van der Waals surface area (Å²) in [6.45, 7) is 0. The minimum atomic E-state index is -0.607. The highest BCUT2D eigenvalue weighted by Crippen LogP contribution is 2.16. The molecule has 1 aliphatic rings. The molecule has 12 heavy (non-hydrogen) atoms. The zero-order valence-corrected chi connectivity index (χ0v) is 6.62. The van der Waals surface area contributed by atoms with Crippen molar-refractivity contribution in [2.24, 2.45) is 34.4 Å². The third-order valence-electron chi connectivity index (χ3n) is 2.01. The van der Waals surface area contributed by atoms with Crippen LogP contribution in [0.2, 0.25) is 0 Å². The van der Waals surface area contributed by atoms with E-state index in [4.69, 9.17) is 34.4 Å². The monoisotopic (exact) mass is 170 g/mol. The summed E-state index contributed by atoms with van der Waals surface area (Å²) in [6.07, 6.45) is 0.